The Morgan fingerprint density at radius 3 is 2.94 bits per heavy atom. The number of rotatable bonds is 2. The first-order valence-corrected chi connectivity index (χ1v) is 6.02. The van der Waals surface area contributed by atoms with Gasteiger partial charge in [-0.15, -0.1) is 0 Å². The molecule has 1 aliphatic heterocycles. The second-order valence-corrected chi connectivity index (χ2v) is 4.69. The summed E-state index contributed by atoms with van der Waals surface area (Å²) >= 11 is 0. The van der Waals surface area contributed by atoms with Crippen molar-refractivity contribution >= 4 is 6.08 Å². The zero-order valence-corrected chi connectivity index (χ0v) is 9.92. The molecular formula is C14H17F2N. The van der Waals surface area contributed by atoms with Crippen LogP contribution >= 0.6 is 0 Å². The monoisotopic (exact) mass is 237 g/mol. The highest BCUT2D eigenvalue weighted by Gasteiger charge is 2.15. The van der Waals surface area contributed by atoms with Crippen molar-refractivity contribution in [2.24, 2.45) is 5.92 Å². The number of halogens is 2. The first-order valence-electron chi connectivity index (χ1n) is 6.02. The van der Waals surface area contributed by atoms with Gasteiger partial charge in [-0.1, -0.05) is 31.2 Å². The first kappa shape index (κ1) is 12.2. The largest absolute Gasteiger partial charge is 0.310 e. The van der Waals surface area contributed by atoms with Crippen LogP contribution in [-0.4, -0.2) is 12.6 Å². The van der Waals surface area contributed by atoms with Crippen molar-refractivity contribution in [1.82, 2.24) is 5.32 Å². The molecule has 1 aliphatic rings. The van der Waals surface area contributed by atoms with Gasteiger partial charge in [0.15, 0.2) is 11.6 Å². The van der Waals surface area contributed by atoms with Gasteiger partial charge in [0.2, 0.25) is 0 Å². The first-order chi connectivity index (χ1) is 8.16. The average molecular weight is 237 g/mol. The summed E-state index contributed by atoms with van der Waals surface area (Å²) in [5.41, 5.74) is 0.310. The van der Waals surface area contributed by atoms with E-state index in [-0.39, 0.29) is 6.04 Å². The van der Waals surface area contributed by atoms with Gasteiger partial charge in [0.25, 0.3) is 0 Å². The quantitative estimate of drug-likeness (QED) is 0.831. The fourth-order valence-corrected chi connectivity index (χ4v) is 2.17. The molecule has 1 fully saturated rings. The van der Waals surface area contributed by atoms with Gasteiger partial charge in [0, 0.05) is 11.6 Å². The maximum absolute atomic E-state index is 13.4. The SMILES string of the molecule is CC1CCNC(/C=C/c2cccc(F)c2F)C1. The number of benzene rings is 1. The average Bonchev–Trinajstić information content (AvgIpc) is 2.31. The third kappa shape index (κ3) is 3.13. The second-order valence-electron chi connectivity index (χ2n) is 4.69. The molecule has 1 nitrogen and oxygen atoms in total. The lowest BCUT2D eigenvalue weighted by molar-refractivity contribution is 0.357. The second kappa shape index (κ2) is 5.41. The molecule has 2 unspecified atom stereocenters. The molecule has 2 atom stereocenters. The fraction of sp³-hybridized carbons (Fsp3) is 0.429. The van der Waals surface area contributed by atoms with Gasteiger partial charge in [-0.3, -0.25) is 0 Å². The van der Waals surface area contributed by atoms with Gasteiger partial charge < -0.3 is 5.32 Å². The molecular weight excluding hydrogens is 220 g/mol. The zero-order valence-electron chi connectivity index (χ0n) is 9.92. The Balaban J connectivity index is 2.07. The van der Waals surface area contributed by atoms with Crippen LogP contribution in [0.2, 0.25) is 0 Å². The summed E-state index contributed by atoms with van der Waals surface area (Å²) in [5.74, 6) is -0.881. The van der Waals surface area contributed by atoms with Crippen molar-refractivity contribution in [2.75, 3.05) is 6.54 Å². The summed E-state index contributed by atoms with van der Waals surface area (Å²) in [5, 5.41) is 3.35. The van der Waals surface area contributed by atoms with E-state index in [1.807, 2.05) is 6.08 Å². The summed E-state index contributed by atoms with van der Waals surface area (Å²) < 4.78 is 26.4. The van der Waals surface area contributed by atoms with E-state index in [2.05, 4.69) is 12.2 Å². The van der Waals surface area contributed by atoms with Crippen molar-refractivity contribution in [3.63, 3.8) is 0 Å². The predicted molar refractivity (Wildman–Crippen MR) is 65.6 cm³/mol. The van der Waals surface area contributed by atoms with Crippen LogP contribution in [0.3, 0.4) is 0 Å². The Bertz CT molecular complexity index is 415. The molecule has 1 heterocycles. The van der Waals surface area contributed by atoms with Crippen LogP contribution in [0.4, 0.5) is 8.78 Å². The lowest BCUT2D eigenvalue weighted by Gasteiger charge is -2.25. The Morgan fingerprint density at radius 2 is 2.18 bits per heavy atom. The van der Waals surface area contributed by atoms with Gasteiger partial charge in [-0.05, 0) is 31.4 Å². The van der Waals surface area contributed by atoms with Crippen LogP contribution in [-0.2, 0) is 0 Å². The predicted octanol–water partition coefficient (Wildman–Crippen LogP) is 3.37. The van der Waals surface area contributed by atoms with Crippen molar-refractivity contribution in [2.45, 2.75) is 25.8 Å². The van der Waals surface area contributed by atoms with Crippen LogP contribution in [0.5, 0.6) is 0 Å². The van der Waals surface area contributed by atoms with E-state index in [9.17, 15) is 8.78 Å². The third-order valence-corrected chi connectivity index (χ3v) is 3.19. The summed E-state index contributed by atoms with van der Waals surface area (Å²) in [6.07, 6.45) is 5.81. The normalized spacial score (nSPS) is 25.4. The molecule has 0 aliphatic carbocycles. The van der Waals surface area contributed by atoms with Gasteiger partial charge >= 0.3 is 0 Å². The van der Waals surface area contributed by atoms with E-state index >= 15 is 0 Å². The van der Waals surface area contributed by atoms with E-state index in [0.29, 0.717) is 11.5 Å². The Morgan fingerprint density at radius 1 is 1.35 bits per heavy atom. The highest BCUT2D eigenvalue weighted by Crippen LogP contribution is 2.18. The summed E-state index contributed by atoms with van der Waals surface area (Å²) in [4.78, 5) is 0. The molecule has 0 bridgehead atoms. The maximum atomic E-state index is 13.4. The molecule has 92 valence electrons. The highest BCUT2D eigenvalue weighted by atomic mass is 19.2. The molecule has 0 radical (unpaired) electrons. The standard InChI is InChI=1S/C14H17F2N/c1-10-7-8-17-12(9-10)6-5-11-3-2-4-13(15)14(11)16/h2-6,10,12,17H,7-9H2,1H3/b6-5+. The minimum atomic E-state index is -0.794. The third-order valence-electron chi connectivity index (χ3n) is 3.19. The number of nitrogens with one attached hydrogen (secondary N) is 1. The van der Waals surface area contributed by atoms with E-state index in [0.717, 1.165) is 19.0 Å². The van der Waals surface area contributed by atoms with Crippen molar-refractivity contribution < 1.29 is 8.78 Å². The fourth-order valence-electron chi connectivity index (χ4n) is 2.17. The maximum Gasteiger partial charge on any atom is 0.166 e. The Kier molecular flexibility index (Phi) is 3.89. The lowest BCUT2D eigenvalue weighted by Crippen LogP contribution is -2.35. The van der Waals surface area contributed by atoms with Gasteiger partial charge in [0.05, 0.1) is 0 Å². The Hall–Kier alpha value is -1.22. The molecule has 0 spiro atoms. The molecule has 2 rings (SSSR count). The summed E-state index contributed by atoms with van der Waals surface area (Å²) in [7, 11) is 0. The van der Waals surface area contributed by atoms with Crippen molar-refractivity contribution in [1.29, 1.82) is 0 Å². The van der Waals surface area contributed by atoms with E-state index in [4.69, 9.17) is 0 Å². The van der Waals surface area contributed by atoms with Gasteiger partial charge in [0.1, 0.15) is 0 Å². The zero-order chi connectivity index (χ0) is 12.3. The molecule has 1 aromatic carbocycles. The van der Waals surface area contributed by atoms with Crippen LogP contribution in [0.1, 0.15) is 25.3 Å². The van der Waals surface area contributed by atoms with Gasteiger partial charge in [-0.25, -0.2) is 8.78 Å². The molecule has 3 heteroatoms. The summed E-state index contributed by atoms with van der Waals surface area (Å²) in [6, 6.07) is 4.51. The molecule has 1 N–H and O–H groups in total. The molecule has 17 heavy (non-hydrogen) atoms. The molecule has 1 aromatic rings. The van der Waals surface area contributed by atoms with E-state index in [1.165, 1.54) is 12.5 Å². The highest BCUT2D eigenvalue weighted by molar-refractivity contribution is 5.50. The van der Waals surface area contributed by atoms with E-state index in [1.54, 1.807) is 12.1 Å². The molecule has 0 amide bonds. The van der Waals surface area contributed by atoms with Gasteiger partial charge in [-0.2, -0.15) is 0 Å². The summed E-state index contributed by atoms with van der Waals surface area (Å²) in [6.45, 7) is 3.20. The topological polar surface area (TPSA) is 12.0 Å². The Labute approximate surface area is 101 Å². The minimum Gasteiger partial charge on any atom is -0.310 e. The molecule has 1 saturated heterocycles. The van der Waals surface area contributed by atoms with E-state index < -0.39 is 11.6 Å². The van der Waals surface area contributed by atoms with Crippen LogP contribution < -0.4 is 5.32 Å². The molecule has 0 aromatic heterocycles. The van der Waals surface area contributed by atoms with Crippen molar-refractivity contribution in [3.05, 3.63) is 41.5 Å². The lowest BCUT2D eigenvalue weighted by atomic mass is 9.94. The van der Waals surface area contributed by atoms with Crippen LogP contribution in [0, 0.1) is 17.6 Å². The van der Waals surface area contributed by atoms with Crippen LogP contribution in [0.25, 0.3) is 6.08 Å². The molecule has 0 saturated carbocycles. The van der Waals surface area contributed by atoms with Crippen molar-refractivity contribution in [3.8, 4) is 0 Å². The van der Waals surface area contributed by atoms with Crippen LogP contribution in [0.15, 0.2) is 24.3 Å². The number of hydrogen-bond acceptors (Lipinski definition) is 1. The number of piperidine rings is 1. The number of hydrogen-bond donors (Lipinski definition) is 1. The minimum absolute atomic E-state index is 0.265. The smallest absolute Gasteiger partial charge is 0.166 e.